The van der Waals surface area contributed by atoms with Gasteiger partial charge in [0.25, 0.3) is 0 Å². The molecule has 1 aliphatic heterocycles. The maximum absolute atomic E-state index is 12.7. The fraction of sp³-hybridized carbons (Fsp3) is 0.619. The third-order valence-corrected chi connectivity index (χ3v) is 5.34. The van der Waals surface area contributed by atoms with Gasteiger partial charge in [-0.05, 0) is 50.3 Å². The van der Waals surface area contributed by atoms with E-state index >= 15 is 0 Å². The first-order chi connectivity index (χ1) is 12.9. The van der Waals surface area contributed by atoms with Crippen LogP contribution in [0, 0.1) is 5.92 Å². The largest absolute Gasteiger partial charge is 0.496 e. The molecule has 1 saturated heterocycles. The van der Waals surface area contributed by atoms with Crippen LogP contribution in [-0.4, -0.2) is 66.6 Å². The molecule has 1 aliphatic rings. The predicted octanol–water partition coefficient (Wildman–Crippen LogP) is 2.66. The molecule has 150 valence electrons. The summed E-state index contributed by atoms with van der Waals surface area (Å²) in [5, 5.41) is 8.97. The highest BCUT2D eigenvalue weighted by Crippen LogP contribution is 2.23. The van der Waals surface area contributed by atoms with Crippen molar-refractivity contribution in [2.75, 3.05) is 33.8 Å². The van der Waals surface area contributed by atoms with E-state index < -0.39 is 5.97 Å². The lowest BCUT2D eigenvalue weighted by atomic mass is 9.97. The lowest BCUT2D eigenvalue weighted by Crippen LogP contribution is -2.37. The number of hydrogen-bond acceptors (Lipinski definition) is 4. The molecular weight excluding hydrogens is 344 g/mol. The van der Waals surface area contributed by atoms with Crippen molar-refractivity contribution in [3.63, 3.8) is 0 Å². The SMILES string of the molecule is COc1ccccc1C[C@H](C)CC(=O)N1CCC[C@H](N(C)CC(=O)O)CC1. The molecule has 0 bridgehead atoms. The zero-order chi connectivity index (χ0) is 19.8. The van der Waals surface area contributed by atoms with Gasteiger partial charge in [0.1, 0.15) is 5.75 Å². The van der Waals surface area contributed by atoms with Crippen LogP contribution in [0.1, 0.15) is 38.2 Å². The number of benzene rings is 1. The summed E-state index contributed by atoms with van der Waals surface area (Å²) in [5.74, 6) is 0.497. The van der Waals surface area contributed by atoms with Crippen LogP contribution < -0.4 is 4.74 Å². The van der Waals surface area contributed by atoms with Crippen molar-refractivity contribution in [1.29, 1.82) is 0 Å². The summed E-state index contributed by atoms with van der Waals surface area (Å²) in [6.45, 7) is 3.62. The number of carboxylic acid groups (broad SMARTS) is 1. The highest BCUT2D eigenvalue weighted by atomic mass is 16.5. The van der Waals surface area contributed by atoms with Crippen LogP contribution in [0.4, 0.5) is 0 Å². The van der Waals surface area contributed by atoms with Crippen LogP contribution in [0.25, 0.3) is 0 Å². The Labute approximate surface area is 162 Å². The first-order valence-corrected chi connectivity index (χ1v) is 9.72. The van der Waals surface area contributed by atoms with Gasteiger partial charge in [-0.25, -0.2) is 0 Å². The summed E-state index contributed by atoms with van der Waals surface area (Å²) in [4.78, 5) is 27.5. The number of aliphatic carboxylic acids is 1. The third-order valence-electron chi connectivity index (χ3n) is 5.34. The number of likely N-dealkylation sites (tertiary alicyclic amines) is 1. The lowest BCUT2D eigenvalue weighted by Gasteiger charge is -2.26. The molecule has 2 rings (SSSR count). The van der Waals surface area contributed by atoms with Crippen LogP contribution in [0.2, 0.25) is 0 Å². The predicted molar refractivity (Wildman–Crippen MR) is 105 cm³/mol. The molecule has 6 nitrogen and oxygen atoms in total. The number of methoxy groups -OCH3 is 1. The van der Waals surface area contributed by atoms with Gasteiger partial charge in [-0.3, -0.25) is 14.5 Å². The van der Waals surface area contributed by atoms with Gasteiger partial charge in [0, 0.05) is 25.6 Å². The van der Waals surface area contributed by atoms with Crippen LogP contribution in [-0.2, 0) is 16.0 Å². The van der Waals surface area contributed by atoms with Gasteiger partial charge in [0.2, 0.25) is 5.91 Å². The van der Waals surface area contributed by atoms with Gasteiger partial charge in [-0.2, -0.15) is 0 Å². The Hall–Kier alpha value is -2.08. The summed E-state index contributed by atoms with van der Waals surface area (Å²) < 4.78 is 5.40. The minimum atomic E-state index is -0.806. The third kappa shape index (κ3) is 6.54. The summed E-state index contributed by atoms with van der Waals surface area (Å²) in [5.41, 5.74) is 1.13. The normalized spacial score (nSPS) is 18.8. The zero-order valence-corrected chi connectivity index (χ0v) is 16.7. The van der Waals surface area contributed by atoms with E-state index in [2.05, 4.69) is 13.0 Å². The van der Waals surface area contributed by atoms with E-state index in [9.17, 15) is 9.59 Å². The molecule has 0 aliphatic carbocycles. The molecule has 0 spiro atoms. The molecular formula is C21H32N2O4. The van der Waals surface area contributed by atoms with E-state index in [0.717, 1.165) is 43.5 Å². The van der Waals surface area contributed by atoms with Gasteiger partial charge >= 0.3 is 5.97 Å². The molecule has 0 unspecified atom stereocenters. The van der Waals surface area contributed by atoms with Gasteiger partial charge in [-0.15, -0.1) is 0 Å². The van der Waals surface area contributed by atoms with Crippen LogP contribution in [0.3, 0.4) is 0 Å². The smallest absolute Gasteiger partial charge is 0.317 e. The second-order valence-electron chi connectivity index (χ2n) is 7.60. The lowest BCUT2D eigenvalue weighted by molar-refractivity contribution is -0.138. The van der Waals surface area contributed by atoms with E-state index in [-0.39, 0.29) is 24.4 Å². The van der Waals surface area contributed by atoms with Gasteiger partial charge in [0.05, 0.1) is 13.7 Å². The Bertz CT molecular complexity index is 634. The number of nitrogens with zero attached hydrogens (tertiary/aromatic N) is 2. The average Bonchev–Trinajstić information content (AvgIpc) is 2.88. The van der Waals surface area contributed by atoms with E-state index in [4.69, 9.17) is 9.84 Å². The van der Waals surface area contributed by atoms with E-state index in [1.54, 1.807) is 7.11 Å². The molecule has 1 heterocycles. The Morgan fingerprint density at radius 3 is 2.74 bits per heavy atom. The second kappa shape index (κ2) is 10.3. The second-order valence-corrected chi connectivity index (χ2v) is 7.60. The molecule has 1 fully saturated rings. The number of para-hydroxylation sites is 1. The van der Waals surface area contributed by atoms with E-state index in [1.165, 1.54) is 0 Å². The van der Waals surface area contributed by atoms with E-state index in [0.29, 0.717) is 13.0 Å². The number of hydrogen-bond donors (Lipinski definition) is 1. The van der Waals surface area contributed by atoms with Crippen molar-refractivity contribution in [3.05, 3.63) is 29.8 Å². The molecule has 6 heteroatoms. The quantitative estimate of drug-likeness (QED) is 0.755. The fourth-order valence-electron chi connectivity index (χ4n) is 3.86. The minimum absolute atomic E-state index is 0.0502. The first-order valence-electron chi connectivity index (χ1n) is 9.72. The molecule has 1 amide bonds. The Morgan fingerprint density at radius 2 is 2.04 bits per heavy atom. The number of carbonyl (C=O) groups is 2. The molecule has 2 atom stereocenters. The van der Waals surface area contributed by atoms with Gasteiger partial charge < -0.3 is 14.7 Å². The van der Waals surface area contributed by atoms with Crippen molar-refractivity contribution in [2.24, 2.45) is 5.92 Å². The van der Waals surface area contributed by atoms with Crippen molar-refractivity contribution in [2.45, 2.75) is 45.1 Å². The Kier molecular flexibility index (Phi) is 8.10. The number of rotatable bonds is 8. The summed E-state index contributed by atoms with van der Waals surface area (Å²) in [6.07, 6.45) is 4.02. The monoisotopic (exact) mass is 376 g/mol. The summed E-state index contributed by atoms with van der Waals surface area (Å²) >= 11 is 0. The van der Waals surface area contributed by atoms with Crippen molar-refractivity contribution >= 4 is 11.9 Å². The molecule has 1 N–H and O–H groups in total. The topological polar surface area (TPSA) is 70.1 Å². The Morgan fingerprint density at radius 1 is 1.30 bits per heavy atom. The maximum atomic E-state index is 12.7. The van der Waals surface area contributed by atoms with Crippen LogP contribution >= 0.6 is 0 Å². The standard InChI is InChI=1S/C21H32N2O4/c1-16(13-17-7-4-5-9-19(17)27-3)14-20(24)23-11-6-8-18(10-12-23)22(2)15-21(25)26/h4-5,7,9,16,18H,6,8,10-15H2,1-3H3,(H,25,26)/t16-,18-/m0/s1. The maximum Gasteiger partial charge on any atom is 0.317 e. The van der Waals surface area contributed by atoms with Crippen LogP contribution in [0.15, 0.2) is 24.3 Å². The van der Waals surface area contributed by atoms with Gasteiger partial charge in [-0.1, -0.05) is 25.1 Å². The summed E-state index contributed by atoms with van der Waals surface area (Å²) in [7, 11) is 3.52. The van der Waals surface area contributed by atoms with Gasteiger partial charge in [0.15, 0.2) is 0 Å². The number of carbonyl (C=O) groups excluding carboxylic acids is 1. The molecule has 0 radical (unpaired) electrons. The number of likely N-dealkylation sites (N-methyl/N-ethyl adjacent to an activating group) is 1. The number of amides is 1. The molecule has 0 saturated carbocycles. The average molecular weight is 376 g/mol. The molecule has 1 aromatic rings. The van der Waals surface area contributed by atoms with Crippen molar-refractivity contribution in [3.8, 4) is 5.75 Å². The number of ether oxygens (including phenoxy) is 1. The molecule has 0 aromatic heterocycles. The van der Waals surface area contributed by atoms with Crippen molar-refractivity contribution < 1.29 is 19.4 Å². The minimum Gasteiger partial charge on any atom is -0.496 e. The Balaban J connectivity index is 1.85. The molecule has 27 heavy (non-hydrogen) atoms. The highest BCUT2D eigenvalue weighted by Gasteiger charge is 2.25. The van der Waals surface area contributed by atoms with Crippen molar-refractivity contribution in [1.82, 2.24) is 9.80 Å². The zero-order valence-electron chi connectivity index (χ0n) is 16.7. The summed E-state index contributed by atoms with van der Waals surface area (Å²) in [6, 6.07) is 8.17. The molecule has 1 aromatic carbocycles. The van der Waals surface area contributed by atoms with E-state index in [1.807, 2.05) is 35.0 Å². The van der Waals surface area contributed by atoms with Crippen LogP contribution in [0.5, 0.6) is 5.75 Å². The number of carboxylic acids is 1. The fourth-order valence-corrected chi connectivity index (χ4v) is 3.86. The highest BCUT2D eigenvalue weighted by molar-refractivity contribution is 5.76. The first kappa shape index (κ1) is 21.2.